The van der Waals surface area contributed by atoms with Gasteiger partial charge in [-0.05, 0) is 32.1 Å². The largest absolute Gasteiger partial charge is 0.463 e. The molecule has 0 unspecified atom stereocenters. The zero-order chi connectivity index (χ0) is 17.2. The first-order chi connectivity index (χ1) is 11.2. The van der Waals surface area contributed by atoms with E-state index in [1.54, 1.807) is 6.08 Å². The van der Waals surface area contributed by atoms with Crippen LogP contribution in [-0.2, 0) is 9.53 Å². The van der Waals surface area contributed by atoms with E-state index in [1.165, 1.54) is 56.9 Å². The van der Waals surface area contributed by atoms with Crippen molar-refractivity contribution in [1.29, 1.82) is 0 Å². The molecule has 23 heavy (non-hydrogen) atoms. The molecule has 0 saturated heterocycles. The smallest absolute Gasteiger partial charge is 0.330 e. The topological polar surface area (TPSA) is 26.3 Å². The highest BCUT2D eigenvalue weighted by Crippen LogP contribution is 2.16. The number of unbranched alkanes of at least 4 members (excludes halogenated alkanes) is 8. The Morgan fingerprint density at radius 2 is 1.48 bits per heavy atom. The van der Waals surface area contributed by atoms with E-state index < -0.39 is 0 Å². The lowest BCUT2D eigenvalue weighted by molar-refractivity contribution is -0.137. The molecule has 0 aromatic carbocycles. The van der Waals surface area contributed by atoms with E-state index in [0.717, 1.165) is 37.4 Å². The average molecular weight is 389 g/mol. The van der Waals surface area contributed by atoms with E-state index in [-0.39, 0.29) is 5.97 Å². The molecule has 0 fully saturated rings. The van der Waals surface area contributed by atoms with Gasteiger partial charge in [0.15, 0.2) is 0 Å². The highest BCUT2D eigenvalue weighted by atomic mass is 79.9. The highest BCUT2D eigenvalue weighted by Gasteiger charge is 2.03. The van der Waals surface area contributed by atoms with Crippen molar-refractivity contribution in [3.05, 3.63) is 11.6 Å². The van der Waals surface area contributed by atoms with E-state index in [1.807, 2.05) is 0 Å². The third-order valence-electron chi connectivity index (χ3n) is 4.02. The zero-order valence-corrected chi connectivity index (χ0v) is 17.0. The molecule has 2 nitrogen and oxygen atoms in total. The minimum absolute atomic E-state index is 0.139. The van der Waals surface area contributed by atoms with Crippen LogP contribution in [0, 0.1) is 0 Å². The summed E-state index contributed by atoms with van der Waals surface area (Å²) >= 11 is 3.43. The molecule has 136 valence electrons. The maximum Gasteiger partial charge on any atom is 0.330 e. The third kappa shape index (κ3) is 16.3. The Hall–Kier alpha value is -0.310. The van der Waals surface area contributed by atoms with Crippen LogP contribution in [0.3, 0.4) is 0 Å². The molecule has 0 atom stereocenters. The first kappa shape index (κ1) is 22.7. The van der Waals surface area contributed by atoms with Gasteiger partial charge in [-0.3, -0.25) is 0 Å². The van der Waals surface area contributed by atoms with Crippen molar-refractivity contribution in [1.82, 2.24) is 0 Å². The lowest BCUT2D eigenvalue weighted by Crippen LogP contribution is -2.04. The summed E-state index contributed by atoms with van der Waals surface area (Å²) in [6.07, 6.45) is 17.3. The van der Waals surface area contributed by atoms with Crippen LogP contribution in [0.1, 0.15) is 97.3 Å². The quantitative estimate of drug-likeness (QED) is 0.123. The Labute approximate surface area is 152 Å². The summed E-state index contributed by atoms with van der Waals surface area (Å²) in [4.78, 5) is 11.9. The lowest BCUT2D eigenvalue weighted by atomic mass is 10.0. The van der Waals surface area contributed by atoms with E-state index >= 15 is 0 Å². The predicted octanol–water partition coefficient (Wildman–Crippen LogP) is 6.96. The molecule has 0 aromatic heterocycles. The molecule has 0 amide bonds. The van der Waals surface area contributed by atoms with Crippen LogP contribution >= 0.6 is 15.9 Å². The lowest BCUT2D eigenvalue weighted by Gasteiger charge is -2.07. The number of halogens is 1. The van der Waals surface area contributed by atoms with Gasteiger partial charge in [-0.2, -0.15) is 0 Å². The van der Waals surface area contributed by atoms with Crippen molar-refractivity contribution in [2.45, 2.75) is 97.3 Å². The van der Waals surface area contributed by atoms with Gasteiger partial charge in [-0.1, -0.05) is 86.7 Å². The van der Waals surface area contributed by atoms with Crippen LogP contribution in [0.5, 0.6) is 0 Å². The predicted molar refractivity (Wildman–Crippen MR) is 104 cm³/mol. The molecule has 0 bridgehead atoms. The number of alkyl halides is 1. The van der Waals surface area contributed by atoms with Gasteiger partial charge >= 0.3 is 5.97 Å². The zero-order valence-electron chi connectivity index (χ0n) is 15.4. The molecular weight excluding hydrogens is 352 g/mol. The molecule has 0 N–H and O–H groups in total. The molecule has 0 radical (unpaired) electrons. The molecule has 3 heteroatoms. The van der Waals surface area contributed by atoms with Gasteiger partial charge in [0.05, 0.1) is 6.61 Å². The fourth-order valence-corrected chi connectivity index (χ4v) is 3.05. The van der Waals surface area contributed by atoms with Crippen molar-refractivity contribution < 1.29 is 9.53 Å². The Balaban J connectivity index is 3.86. The van der Waals surface area contributed by atoms with Gasteiger partial charge in [0.1, 0.15) is 0 Å². The van der Waals surface area contributed by atoms with Gasteiger partial charge < -0.3 is 4.74 Å². The first-order valence-corrected chi connectivity index (χ1v) is 10.8. The van der Waals surface area contributed by atoms with Gasteiger partial charge in [-0.25, -0.2) is 4.79 Å². The number of rotatable bonds is 16. The monoisotopic (exact) mass is 388 g/mol. The van der Waals surface area contributed by atoms with Gasteiger partial charge in [-0.15, -0.1) is 0 Å². The Morgan fingerprint density at radius 1 is 0.826 bits per heavy atom. The Kier molecular flexibility index (Phi) is 17.8. The summed E-state index contributed by atoms with van der Waals surface area (Å²) in [6.45, 7) is 4.98. The average Bonchev–Trinajstić information content (AvgIpc) is 2.54. The fraction of sp³-hybridized carbons (Fsp3) is 0.850. The molecule has 0 heterocycles. The standard InChI is InChI=1S/C20H37BrO2/c1-3-5-6-7-8-11-15-19(14-4-2)18-20(22)23-17-13-10-9-12-16-21/h18H,3-17H2,1-2H3/b19-18+. The van der Waals surface area contributed by atoms with Crippen LogP contribution in [-0.4, -0.2) is 17.9 Å². The molecule has 0 aromatic rings. The first-order valence-electron chi connectivity index (χ1n) is 9.66. The molecule has 0 aliphatic carbocycles. The van der Waals surface area contributed by atoms with E-state index in [0.29, 0.717) is 6.61 Å². The summed E-state index contributed by atoms with van der Waals surface area (Å²) in [5.41, 5.74) is 1.27. The second kappa shape index (κ2) is 18.0. The molecule has 0 saturated carbocycles. The van der Waals surface area contributed by atoms with E-state index in [9.17, 15) is 4.79 Å². The Bertz CT molecular complexity index is 300. The number of allylic oxidation sites excluding steroid dienone is 1. The summed E-state index contributed by atoms with van der Waals surface area (Å²) < 4.78 is 5.33. The maximum absolute atomic E-state index is 11.9. The number of hydrogen-bond donors (Lipinski definition) is 0. The molecular formula is C20H37BrO2. The van der Waals surface area contributed by atoms with Crippen LogP contribution in [0.15, 0.2) is 11.6 Å². The molecule has 0 spiro atoms. The Morgan fingerprint density at radius 3 is 2.17 bits per heavy atom. The van der Waals surface area contributed by atoms with E-state index in [2.05, 4.69) is 29.8 Å². The maximum atomic E-state index is 11.9. The summed E-state index contributed by atoms with van der Waals surface area (Å²) in [5.74, 6) is -0.139. The fourth-order valence-electron chi connectivity index (χ4n) is 2.65. The molecule has 0 rings (SSSR count). The summed E-state index contributed by atoms with van der Waals surface area (Å²) in [6, 6.07) is 0. The van der Waals surface area contributed by atoms with Crippen LogP contribution in [0.4, 0.5) is 0 Å². The van der Waals surface area contributed by atoms with Crippen molar-refractivity contribution in [2.24, 2.45) is 0 Å². The number of hydrogen-bond acceptors (Lipinski definition) is 2. The van der Waals surface area contributed by atoms with Crippen molar-refractivity contribution >= 4 is 21.9 Å². The van der Waals surface area contributed by atoms with E-state index in [4.69, 9.17) is 4.74 Å². The third-order valence-corrected chi connectivity index (χ3v) is 4.58. The summed E-state index contributed by atoms with van der Waals surface area (Å²) in [7, 11) is 0. The van der Waals surface area contributed by atoms with Gasteiger partial charge in [0.2, 0.25) is 0 Å². The number of carbonyl (C=O) groups is 1. The second-order valence-electron chi connectivity index (χ2n) is 6.34. The van der Waals surface area contributed by atoms with Crippen LogP contribution in [0.2, 0.25) is 0 Å². The van der Waals surface area contributed by atoms with Crippen molar-refractivity contribution in [3.63, 3.8) is 0 Å². The molecule has 0 aliphatic heterocycles. The number of esters is 1. The SMILES string of the molecule is CCCCCCCC/C(=C/C(=O)OCCCCCCBr)CCC. The normalized spacial score (nSPS) is 11.7. The summed E-state index contributed by atoms with van der Waals surface area (Å²) in [5, 5.41) is 1.06. The van der Waals surface area contributed by atoms with Crippen molar-refractivity contribution in [2.75, 3.05) is 11.9 Å². The van der Waals surface area contributed by atoms with Gasteiger partial charge in [0, 0.05) is 11.4 Å². The van der Waals surface area contributed by atoms with Gasteiger partial charge in [0.25, 0.3) is 0 Å². The number of carbonyl (C=O) groups excluding carboxylic acids is 1. The van der Waals surface area contributed by atoms with Crippen LogP contribution < -0.4 is 0 Å². The molecule has 0 aliphatic rings. The minimum atomic E-state index is -0.139. The number of ether oxygens (including phenoxy) is 1. The van der Waals surface area contributed by atoms with Crippen molar-refractivity contribution in [3.8, 4) is 0 Å². The minimum Gasteiger partial charge on any atom is -0.463 e. The second-order valence-corrected chi connectivity index (χ2v) is 7.13. The van der Waals surface area contributed by atoms with Crippen LogP contribution in [0.25, 0.3) is 0 Å². The highest BCUT2D eigenvalue weighted by molar-refractivity contribution is 9.09.